The second-order valence-corrected chi connectivity index (χ2v) is 6.82. The number of nitrogens with one attached hydrogen (secondary N) is 1. The first-order chi connectivity index (χ1) is 9.93. The molecule has 0 radical (unpaired) electrons. The molecule has 1 aliphatic rings. The van der Waals surface area contributed by atoms with Crippen LogP contribution in [0.25, 0.3) is 0 Å². The van der Waals surface area contributed by atoms with E-state index >= 15 is 0 Å². The number of hydrogen-bond acceptors (Lipinski definition) is 4. The molecule has 1 saturated carbocycles. The van der Waals surface area contributed by atoms with Gasteiger partial charge in [0.2, 0.25) is 0 Å². The van der Waals surface area contributed by atoms with Crippen LogP contribution in [-0.4, -0.2) is 37.4 Å². The third-order valence-corrected chi connectivity index (χ3v) is 4.24. The summed E-state index contributed by atoms with van der Waals surface area (Å²) < 4.78 is 11.1. The van der Waals surface area contributed by atoms with Crippen LogP contribution in [0.1, 0.15) is 66.2 Å². The molecule has 1 rings (SSSR count). The molecule has 124 valence electrons. The lowest BCUT2D eigenvalue weighted by Gasteiger charge is -2.40. The molecular weight excluding hydrogens is 266 g/mol. The van der Waals surface area contributed by atoms with Gasteiger partial charge in [-0.15, -0.1) is 0 Å². The maximum absolute atomic E-state index is 12.3. The van der Waals surface area contributed by atoms with Crippen LogP contribution in [-0.2, 0) is 14.3 Å². The Balaban J connectivity index is 2.63. The maximum atomic E-state index is 12.3. The molecule has 4 nitrogen and oxygen atoms in total. The van der Waals surface area contributed by atoms with Gasteiger partial charge in [-0.1, -0.05) is 20.3 Å². The van der Waals surface area contributed by atoms with Crippen molar-refractivity contribution in [1.82, 2.24) is 5.32 Å². The first kappa shape index (κ1) is 18.4. The zero-order valence-corrected chi connectivity index (χ0v) is 14.4. The Kier molecular flexibility index (Phi) is 7.67. The minimum absolute atomic E-state index is 0.147. The number of methoxy groups -OCH3 is 1. The topological polar surface area (TPSA) is 47.6 Å². The summed E-state index contributed by atoms with van der Waals surface area (Å²) in [6.07, 6.45) is 6.14. The molecular formula is C17H33NO3. The first-order valence-corrected chi connectivity index (χ1v) is 8.41. The Labute approximate surface area is 130 Å². The van der Waals surface area contributed by atoms with Crippen LogP contribution < -0.4 is 5.32 Å². The number of carbonyl (C=O) groups excluding carboxylic acids is 1. The number of carbonyl (C=O) groups is 1. The third kappa shape index (κ3) is 5.59. The Morgan fingerprint density at radius 3 is 2.67 bits per heavy atom. The quantitative estimate of drug-likeness (QED) is 0.699. The van der Waals surface area contributed by atoms with Crippen LogP contribution in [0.4, 0.5) is 0 Å². The van der Waals surface area contributed by atoms with Crippen molar-refractivity contribution in [3.63, 3.8) is 0 Å². The molecule has 1 fully saturated rings. The number of ether oxygens (including phenoxy) is 2. The van der Waals surface area contributed by atoms with Gasteiger partial charge in [-0.25, -0.2) is 0 Å². The van der Waals surface area contributed by atoms with Crippen molar-refractivity contribution >= 4 is 5.97 Å². The summed E-state index contributed by atoms with van der Waals surface area (Å²) in [6.45, 7) is 9.35. The Hall–Kier alpha value is -0.610. The van der Waals surface area contributed by atoms with E-state index in [1.165, 1.54) is 20.0 Å². The molecule has 0 bridgehead atoms. The van der Waals surface area contributed by atoms with Crippen molar-refractivity contribution in [2.24, 2.45) is 5.92 Å². The van der Waals surface area contributed by atoms with Crippen molar-refractivity contribution in [1.29, 1.82) is 0 Å². The summed E-state index contributed by atoms with van der Waals surface area (Å²) in [7, 11) is 1.47. The fraction of sp³-hybridized carbons (Fsp3) is 0.941. The van der Waals surface area contributed by atoms with Crippen molar-refractivity contribution in [2.45, 2.75) is 83.9 Å². The van der Waals surface area contributed by atoms with Gasteiger partial charge in [-0.3, -0.25) is 10.1 Å². The monoisotopic (exact) mass is 299 g/mol. The van der Waals surface area contributed by atoms with Gasteiger partial charge in [-0.2, -0.15) is 0 Å². The van der Waals surface area contributed by atoms with Gasteiger partial charge >= 0.3 is 5.97 Å². The van der Waals surface area contributed by atoms with Gasteiger partial charge in [0.1, 0.15) is 5.54 Å². The molecule has 0 heterocycles. The zero-order valence-electron chi connectivity index (χ0n) is 14.4. The molecule has 4 heteroatoms. The van der Waals surface area contributed by atoms with Gasteiger partial charge in [0.25, 0.3) is 0 Å². The van der Waals surface area contributed by atoms with E-state index in [0.29, 0.717) is 5.92 Å². The normalized spacial score (nSPS) is 27.6. The van der Waals surface area contributed by atoms with Crippen LogP contribution in [0.2, 0.25) is 0 Å². The number of rotatable bonds is 8. The molecule has 0 saturated heterocycles. The average Bonchev–Trinajstić information content (AvgIpc) is 2.44. The van der Waals surface area contributed by atoms with E-state index < -0.39 is 5.54 Å². The van der Waals surface area contributed by atoms with Gasteiger partial charge in [0.15, 0.2) is 0 Å². The minimum atomic E-state index is -0.570. The molecule has 0 aromatic heterocycles. The van der Waals surface area contributed by atoms with Crippen molar-refractivity contribution in [3.05, 3.63) is 0 Å². The molecule has 1 N–H and O–H groups in total. The molecule has 0 aromatic rings. The van der Waals surface area contributed by atoms with Crippen molar-refractivity contribution in [2.75, 3.05) is 13.7 Å². The van der Waals surface area contributed by atoms with Crippen LogP contribution in [0, 0.1) is 5.92 Å². The highest BCUT2D eigenvalue weighted by molar-refractivity contribution is 5.81. The molecule has 3 unspecified atom stereocenters. The van der Waals surface area contributed by atoms with E-state index in [9.17, 15) is 4.79 Å². The van der Waals surface area contributed by atoms with Gasteiger partial charge < -0.3 is 9.47 Å². The van der Waals surface area contributed by atoms with E-state index in [2.05, 4.69) is 33.0 Å². The molecule has 3 atom stereocenters. The highest BCUT2D eigenvalue weighted by Crippen LogP contribution is 2.32. The number of esters is 1. The zero-order chi connectivity index (χ0) is 15.9. The average molecular weight is 299 g/mol. The van der Waals surface area contributed by atoms with Crippen molar-refractivity contribution in [3.8, 4) is 0 Å². The van der Waals surface area contributed by atoms with E-state index in [-0.39, 0.29) is 18.1 Å². The second kappa shape index (κ2) is 8.74. The van der Waals surface area contributed by atoms with Crippen LogP contribution in [0.5, 0.6) is 0 Å². The smallest absolute Gasteiger partial charge is 0.326 e. The Bertz CT molecular complexity index is 319. The molecule has 0 aromatic carbocycles. The highest BCUT2D eigenvalue weighted by Gasteiger charge is 2.44. The van der Waals surface area contributed by atoms with Gasteiger partial charge in [0.05, 0.1) is 13.2 Å². The van der Waals surface area contributed by atoms with E-state index in [1.807, 2.05) is 0 Å². The Morgan fingerprint density at radius 2 is 2.10 bits per heavy atom. The summed E-state index contributed by atoms with van der Waals surface area (Å²) >= 11 is 0. The van der Waals surface area contributed by atoms with E-state index in [1.54, 1.807) is 0 Å². The summed E-state index contributed by atoms with van der Waals surface area (Å²) in [6, 6.07) is 0.252. The minimum Gasteiger partial charge on any atom is -0.468 e. The van der Waals surface area contributed by atoms with Crippen LogP contribution in [0.15, 0.2) is 0 Å². The lowest BCUT2D eigenvalue weighted by molar-refractivity contribution is -0.153. The predicted octanol–water partition coefficient (Wildman–Crippen LogP) is 3.29. The maximum Gasteiger partial charge on any atom is 0.326 e. The Morgan fingerprint density at radius 1 is 1.38 bits per heavy atom. The first-order valence-electron chi connectivity index (χ1n) is 8.41. The fourth-order valence-electron chi connectivity index (χ4n) is 3.37. The predicted molar refractivity (Wildman–Crippen MR) is 85.3 cm³/mol. The molecule has 21 heavy (non-hydrogen) atoms. The second-order valence-electron chi connectivity index (χ2n) is 6.82. The highest BCUT2D eigenvalue weighted by atomic mass is 16.5. The molecule has 0 amide bonds. The lowest BCUT2D eigenvalue weighted by atomic mass is 9.79. The summed E-state index contributed by atoms with van der Waals surface area (Å²) in [5, 5.41) is 3.43. The molecule has 1 aliphatic carbocycles. The van der Waals surface area contributed by atoms with Gasteiger partial charge in [-0.05, 0) is 45.4 Å². The number of hydrogen-bond donors (Lipinski definition) is 1. The summed E-state index contributed by atoms with van der Waals surface area (Å²) in [5.41, 5.74) is -0.570. The molecule has 0 aliphatic heterocycles. The SMILES string of the molecule is CCCC(C)COC1CCCC(NC(C)C)(C(=O)OC)C1. The summed E-state index contributed by atoms with van der Waals surface area (Å²) in [4.78, 5) is 12.3. The lowest BCUT2D eigenvalue weighted by Crippen LogP contribution is -2.58. The standard InChI is InChI=1S/C17H33NO3/c1-6-8-14(4)12-21-15-9-7-10-17(11-15,16(19)20-5)18-13(2)3/h13-15,18H,6-12H2,1-5H3. The van der Waals surface area contributed by atoms with E-state index in [4.69, 9.17) is 9.47 Å². The summed E-state index contributed by atoms with van der Waals surface area (Å²) in [5.74, 6) is 0.439. The molecule has 0 spiro atoms. The third-order valence-electron chi connectivity index (χ3n) is 4.24. The van der Waals surface area contributed by atoms with Crippen molar-refractivity contribution < 1.29 is 14.3 Å². The van der Waals surface area contributed by atoms with Crippen LogP contribution in [0.3, 0.4) is 0 Å². The van der Waals surface area contributed by atoms with E-state index in [0.717, 1.165) is 32.3 Å². The largest absolute Gasteiger partial charge is 0.468 e. The fourth-order valence-corrected chi connectivity index (χ4v) is 3.37. The van der Waals surface area contributed by atoms with Crippen LogP contribution >= 0.6 is 0 Å². The van der Waals surface area contributed by atoms with Gasteiger partial charge in [0, 0.05) is 19.1 Å².